The van der Waals surface area contributed by atoms with E-state index in [1.165, 1.54) is 16.6 Å². The van der Waals surface area contributed by atoms with E-state index in [9.17, 15) is 18.3 Å². The molecule has 0 bridgehead atoms. The number of nitrogens with zero attached hydrogens (tertiary/aromatic N) is 4. The van der Waals surface area contributed by atoms with Crippen molar-refractivity contribution in [3.05, 3.63) is 42.1 Å². The number of hydrogen-bond donors (Lipinski definition) is 3. The average molecular weight is 366 g/mol. The monoisotopic (exact) mass is 366 g/mol. The molecule has 138 valence electrons. The smallest absolute Gasteiger partial charge is 0.394 e. The van der Waals surface area contributed by atoms with Gasteiger partial charge in [0, 0.05) is 18.0 Å². The lowest BCUT2D eigenvalue weighted by Gasteiger charge is -2.23. The van der Waals surface area contributed by atoms with Crippen LogP contribution in [-0.2, 0) is 6.18 Å². The van der Waals surface area contributed by atoms with Gasteiger partial charge in [0.1, 0.15) is 0 Å². The van der Waals surface area contributed by atoms with Crippen molar-refractivity contribution in [3.8, 4) is 0 Å². The number of aliphatic hydroxyl groups is 1. The van der Waals surface area contributed by atoms with Crippen molar-refractivity contribution in [1.82, 2.24) is 19.6 Å². The first-order valence-electron chi connectivity index (χ1n) is 7.73. The van der Waals surface area contributed by atoms with Crippen molar-refractivity contribution in [2.75, 3.05) is 17.2 Å². The van der Waals surface area contributed by atoms with E-state index < -0.39 is 17.3 Å². The first kappa shape index (κ1) is 17.9. The molecular formula is C16H17F3N6O. The average Bonchev–Trinajstić information content (AvgIpc) is 2.98. The molecule has 7 nitrogen and oxygen atoms in total. The molecule has 26 heavy (non-hydrogen) atoms. The Morgan fingerprint density at radius 1 is 1.12 bits per heavy atom. The molecule has 2 aromatic heterocycles. The molecule has 1 aromatic carbocycles. The molecule has 0 amide bonds. The van der Waals surface area contributed by atoms with Crippen LogP contribution in [0.1, 0.15) is 19.4 Å². The third-order valence-electron chi connectivity index (χ3n) is 3.57. The minimum atomic E-state index is -4.38. The molecule has 0 spiro atoms. The third-order valence-corrected chi connectivity index (χ3v) is 3.57. The van der Waals surface area contributed by atoms with Crippen LogP contribution in [0.3, 0.4) is 0 Å². The van der Waals surface area contributed by atoms with Crippen LogP contribution in [0.4, 0.5) is 30.8 Å². The number of anilines is 3. The van der Waals surface area contributed by atoms with Crippen LogP contribution in [0.25, 0.3) is 5.65 Å². The molecular weight excluding hydrogens is 349 g/mol. The van der Waals surface area contributed by atoms with Crippen molar-refractivity contribution < 1.29 is 18.3 Å². The van der Waals surface area contributed by atoms with E-state index in [2.05, 4.69) is 25.7 Å². The summed E-state index contributed by atoms with van der Waals surface area (Å²) in [6.07, 6.45) is -2.84. The molecule has 3 N–H and O–H groups in total. The zero-order valence-corrected chi connectivity index (χ0v) is 14.0. The summed E-state index contributed by atoms with van der Waals surface area (Å²) in [6, 6.07) is 6.22. The zero-order valence-electron chi connectivity index (χ0n) is 14.0. The van der Waals surface area contributed by atoms with E-state index in [1.807, 2.05) is 0 Å². The Bertz CT molecular complexity index is 904. The Labute approximate surface area is 146 Å². The summed E-state index contributed by atoms with van der Waals surface area (Å²) in [7, 11) is 0. The van der Waals surface area contributed by atoms with Crippen molar-refractivity contribution in [3.63, 3.8) is 0 Å². The molecule has 0 saturated heterocycles. The van der Waals surface area contributed by atoms with Gasteiger partial charge < -0.3 is 15.7 Å². The van der Waals surface area contributed by atoms with Gasteiger partial charge in [-0.1, -0.05) is 0 Å². The summed E-state index contributed by atoms with van der Waals surface area (Å²) in [5.74, 6) is 0.595. The lowest BCUT2D eigenvalue weighted by atomic mass is 10.1. The maximum atomic E-state index is 12.6. The van der Waals surface area contributed by atoms with Gasteiger partial charge in [-0.25, -0.2) is 4.98 Å². The van der Waals surface area contributed by atoms with Gasteiger partial charge >= 0.3 is 6.18 Å². The second-order valence-electron chi connectivity index (χ2n) is 6.34. The molecule has 0 aliphatic rings. The first-order chi connectivity index (χ1) is 12.2. The predicted molar refractivity (Wildman–Crippen MR) is 90.3 cm³/mol. The second-order valence-corrected chi connectivity index (χ2v) is 6.34. The number of fused-ring (bicyclic) bond motifs is 1. The van der Waals surface area contributed by atoms with Gasteiger partial charge in [-0.15, -0.1) is 5.10 Å². The zero-order chi connectivity index (χ0) is 18.9. The van der Waals surface area contributed by atoms with Crippen molar-refractivity contribution >= 4 is 23.2 Å². The van der Waals surface area contributed by atoms with Gasteiger partial charge in [-0.05, 0) is 38.1 Å². The fourth-order valence-electron chi connectivity index (χ4n) is 2.17. The number of alkyl halides is 3. The molecule has 3 aromatic rings. The Balaban J connectivity index is 1.85. The van der Waals surface area contributed by atoms with Gasteiger partial charge in [-0.3, -0.25) is 0 Å². The number of rotatable bonds is 5. The van der Waals surface area contributed by atoms with E-state index in [-0.39, 0.29) is 12.6 Å². The third kappa shape index (κ3) is 3.85. The number of benzene rings is 1. The largest absolute Gasteiger partial charge is 0.416 e. The van der Waals surface area contributed by atoms with E-state index >= 15 is 0 Å². The highest BCUT2D eigenvalue weighted by molar-refractivity contribution is 5.57. The standard InChI is InChI=1S/C16H17F3N6O/c1-15(2,9-26)23-14-20-8-7-12-22-13(24-25(12)14)21-11-5-3-10(4-6-11)16(17,18)19/h3-8,26H,9H2,1-2H3,(H,20,23)(H,21,24). The maximum absolute atomic E-state index is 12.6. The molecule has 0 fully saturated rings. The molecule has 0 radical (unpaired) electrons. The normalized spacial score (nSPS) is 12.4. The number of halogens is 3. The lowest BCUT2D eigenvalue weighted by Crippen LogP contribution is -2.36. The molecule has 0 saturated carbocycles. The van der Waals surface area contributed by atoms with E-state index in [0.29, 0.717) is 17.3 Å². The number of hydrogen-bond acceptors (Lipinski definition) is 6. The fraction of sp³-hybridized carbons (Fsp3) is 0.312. The highest BCUT2D eigenvalue weighted by Crippen LogP contribution is 2.30. The molecule has 10 heteroatoms. The Kier molecular flexibility index (Phi) is 4.45. The van der Waals surface area contributed by atoms with Gasteiger partial charge in [0.05, 0.1) is 17.7 Å². The molecule has 2 heterocycles. The highest BCUT2D eigenvalue weighted by atomic mass is 19.4. The maximum Gasteiger partial charge on any atom is 0.416 e. The summed E-state index contributed by atoms with van der Waals surface area (Å²) in [6.45, 7) is 3.48. The number of nitrogens with one attached hydrogen (secondary N) is 2. The Hall–Kier alpha value is -2.88. The van der Waals surface area contributed by atoms with Gasteiger partial charge in [0.15, 0.2) is 5.65 Å². The van der Waals surface area contributed by atoms with E-state index in [4.69, 9.17) is 0 Å². The minimum Gasteiger partial charge on any atom is -0.394 e. The molecule has 0 atom stereocenters. The van der Waals surface area contributed by atoms with Crippen LogP contribution < -0.4 is 10.6 Å². The quantitative estimate of drug-likeness (QED) is 0.643. The molecule has 0 aliphatic carbocycles. The van der Waals surface area contributed by atoms with Gasteiger partial charge in [0.25, 0.3) is 0 Å². The summed E-state index contributed by atoms with van der Waals surface area (Å²) >= 11 is 0. The van der Waals surface area contributed by atoms with Crippen molar-refractivity contribution in [2.45, 2.75) is 25.6 Å². The van der Waals surface area contributed by atoms with Crippen LogP contribution in [0.2, 0.25) is 0 Å². The molecule has 0 aliphatic heterocycles. The molecule has 3 rings (SSSR count). The summed E-state index contributed by atoms with van der Waals surface area (Å²) < 4.78 is 39.3. The summed E-state index contributed by atoms with van der Waals surface area (Å²) in [5, 5.41) is 19.6. The van der Waals surface area contributed by atoms with Crippen LogP contribution in [0, 0.1) is 0 Å². The Morgan fingerprint density at radius 2 is 1.81 bits per heavy atom. The van der Waals surface area contributed by atoms with Crippen LogP contribution >= 0.6 is 0 Å². The first-order valence-corrected chi connectivity index (χ1v) is 7.73. The number of aliphatic hydroxyl groups excluding tert-OH is 1. The van der Waals surface area contributed by atoms with E-state index in [1.54, 1.807) is 26.1 Å². The topological polar surface area (TPSA) is 87.4 Å². The van der Waals surface area contributed by atoms with Gasteiger partial charge in [-0.2, -0.15) is 22.7 Å². The number of aromatic nitrogens is 4. The highest BCUT2D eigenvalue weighted by Gasteiger charge is 2.30. The summed E-state index contributed by atoms with van der Waals surface area (Å²) in [4.78, 5) is 8.46. The second kappa shape index (κ2) is 6.45. The van der Waals surface area contributed by atoms with E-state index in [0.717, 1.165) is 12.1 Å². The minimum absolute atomic E-state index is 0.115. The summed E-state index contributed by atoms with van der Waals surface area (Å²) in [5.41, 5.74) is -0.431. The predicted octanol–water partition coefficient (Wildman–Crippen LogP) is 3.07. The van der Waals surface area contributed by atoms with Crippen molar-refractivity contribution in [1.29, 1.82) is 0 Å². The SMILES string of the molecule is CC(C)(CO)Nc1nccc2nc(Nc3ccc(C(F)(F)F)cc3)nn12. The fourth-order valence-corrected chi connectivity index (χ4v) is 2.17. The van der Waals surface area contributed by atoms with Crippen molar-refractivity contribution in [2.24, 2.45) is 0 Å². The van der Waals surface area contributed by atoms with Crippen LogP contribution in [0.15, 0.2) is 36.5 Å². The van der Waals surface area contributed by atoms with Crippen LogP contribution in [-0.4, -0.2) is 36.8 Å². The lowest BCUT2D eigenvalue weighted by molar-refractivity contribution is -0.137. The van der Waals surface area contributed by atoms with Gasteiger partial charge in [0.2, 0.25) is 11.9 Å². The Morgan fingerprint density at radius 3 is 2.42 bits per heavy atom. The molecule has 0 unspecified atom stereocenters. The van der Waals surface area contributed by atoms with Crippen LogP contribution in [0.5, 0.6) is 0 Å².